The van der Waals surface area contributed by atoms with E-state index in [9.17, 15) is 25.9 Å². The zero-order chi connectivity index (χ0) is 44.6. The molecule has 0 atom stereocenters. The van der Waals surface area contributed by atoms with Crippen molar-refractivity contribution in [3.05, 3.63) is 193 Å². The summed E-state index contributed by atoms with van der Waals surface area (Å²) < 4.78 is 70.9. The van der Waals surface area contributed by atoms with Crippen LogP contribution in [0.15, 0.2) is 227 Å². The standard InChI is InChI=1S/C46H36N6O6S6/c53-63(54,55)46(64(56,57)58)31-35(48-41-30-43(60-37-15-7-2-8-16-37)52-45(50-41)62-39-19-11-4-12-20-39)28-25-33(46)24-21-32-22-26-34(27-23-32)47-40-29-42(59-36-13-5-1-6-14-36)51-44(49-40)61-38-17-9-3-10-18-38/h1-30H,31H2,(H,47,49,51)(H,48,50,52)(H,53,54,55)(H,56,57,58). The van der Waals surface area contributed by atoms with Crippen LogP contribution in [-0.2, 0) is 20.2 Å². The van der Waals surface area contributed by atoms with E-state index >= 15 is 0 Å². The summed E-state index contributed by atoms with van der Waals surface area (Å²) in [6, 6.07) is 49.3. The van der Waals surface area contributed by atoms with E-state index < -0.39 is 30.7 Å². The fraction of sp³-hybridized carbons (Fsp3) is 0.0435. The Morgan fingerprint density at radius 2 is 0.922 bits per heavy atom. The van der Waals surface area contributed by atoms with E-state index in [1.165, 1.54) is 71.4 Å². The highest BCUT2D eigenvalue weighted by molar-refractivity contribution is 8.05. The molecule has 2 aromatic heterocycles. The van der Waals surface area contributed by atoms with Gasteiger partial charge < -0.3 is 10.6 Å². The van der Waals surface area contributed by atoms with Crippen molar-refractivity contribution in [1.29, 1.82) is 0 Å². The Kier molecular flexibility index (Phi) is 14.0. The molecule has 7 aromatic rings. The van der Waals surface area contributed by atoms with Crippen LogP contribution in [0.25, 0.3) is 6.08 Å². The number of aromatic nitrogens is 4. The number of allylic oxidation sites excluding steroid dienone is 4. The van der Waals surface area contributed by atoms with Crippen LogP contribution in [0.5, 0.6) is 0 Å². The Bertz CT molecular complexity index is 2920. The summed E-state index contributed by atoms with van der Waals surface area (Å²) in [4.78, 5) is 22.6. The number of rotatable bonds is 16. The summed E-state index contributed by atoms with van der Waals surface area (Å²) in [7, 11) is -11.0. The Labute approximate surface area is 387 Å². The lowest BCUT2D eigenvalue weighted by atomic mass is 9.99. The lowest BCUT2D eigenvalue weighted by Crippen LogP contribution is -2.49. The second kappa shape index (κ2) is 20.0. The molecule has 1 aliphatic carbocycles. The first-order valence-electron chi connectivity index (χ1n) is 19.3. The van der Waals surface area contributed by atoms with Crippen LogP contribution >= 0.6 is 47.0 Å². The molecule has 322 valence electrons. The molecule has 8 rings (SSSR count). The average Bonchev–Trinajstić information content (AvgIpc) is 3.27. The van der Waals surface area contributed by atoms with Crippen LogP contribution < -0.4 is 10.6 Å². The Hall–Kier alpha value is -5.70. The van der Waals surface area contributed by atoms with Gasteiger partial charge in [0.15, 0.2) is 10.3 Å². The Morgan fingerprint density at radius 1 is 0.500 bits per heavy atom. The normalized spacial score (nSPS) is 13.8. The van der Waals surface area contributed by atoms with Crippen LogP contribution in [0.4, 0.5) is 17.3 Å². The highest BCUT2D eigenvalue weighted by Gasteiger charge is 2.58. The van der Waals surface area contributed by atoms with Gasteiger partial charge in [-0.2, -0.15) is 16.8 Å². The maximum atomic E-state index is 13.2. The minimum absolute atomic E-state index is 0.0493. The number of hydrogen-bond acceptors (Lipinski definition) is 14. The molecule has 64 heavy (non-hydrogen) atoms. The van der Waals surface area contributed by atoms with Crippen molar-refractivity contribution in [2.24, 2.45) is 0 Å². The molecular weight excluding hydrogens is 925 g/mol. The summed E-state index contributed by atoms with van der Waals surface area (Å²) in [6.07, 6.45) is 4.59. The van der Waals surface area contributed by atoms with E-state index in [0.29, 0.717) is 32.4 Å². The summed E-state index contributed by atoms with van der Waals surface area (Å²) >= 11 is 5.63. The van der Waals surface area contributed by atoms with E-state index in [1.807, 2.05) is 127 Å². The van der Waals surface area contributed by atoms with Gasteiger partial charge in [-0.1, -0.05) is 127 Å². The largest absolute Gasteiger partial charge is 0.344 e. The van der Waals surface area contributed by atoms with Gasteiger partial charge in [0.05, 0.1) is 0 Å². The van der Waals surface area contributed by atoms with Gasteiger partial charge in [0.2, 0.25) is 0 Å². The fourth-order valence-corrected chi connectivity index (χ4v) is 12.3. The van der Waals surface area contributed by atoms with Crippen molar-refractivity contribution in [2.75, 3.05) is 10.6 Å². The van der Waals surface area contributed by atoms with Crippen LogP contribution in [0.1, 0.15) is 12.0 Å². The lowest BCUT2D eigenvalue weighted by molar-refractivity contribution is 0.433. The zero-order valence-electron chi connectivity index (χ0n) is 33.3. The Morgan fingerprint density at radius 3 is 1.36 bits per heavy atom. The molecule has 1 aliphatic rings. The summed E-state index contributed by atoms with van der Waals surface area (Å²) in [5.74, 6) is 0.794. The second-order valence-electron chi connectivity index (χ2n) is 13.8. The maximum absolute atomic E-state index is 13.2. The molecule has 0 spiro atoms. The van der Waals surface area contributed by atoms with Crippen LogP contribution in [0.2, 0.25) is 0 Å². The van der Waals surface area contributed by atoms with E-state index in [4.69, 9.17) is 15.0 Å². The van der Waals surface area contributed by atoms with Crippen molar-refractivity contribution in [2.45, 2.75) is 50.4 Å². The van der Waals surface area contributed by atoms with Gasteiger partial charge in [-0.05, 0) is 101 Å². The Balaban J connectivity index is 1.05. The first kappa shape index (κ1) is 44.9. The van der Waals surface area contributed by atoms with Gasteiger partial charge >= 0.3 is 0 Å². The van der Waals surface area contributed by atoms with Gasteiger partial charge in [0.25, 0.3) is 24.3 Å². The van der Waals surface area contributed by atoms with Gasteiger partial charge in [-0.25, -0.2) is 19.9 Å². The number of nitrogens with zero attached hydrogens (tertiary/aromatic N) is 4. The SMILES string of the molecule is O=S(=O)(O)C1(S(=O)(=O)O)CC(Nc2cc(Sc3ccccc3)nc(Sc3ccccc3)n2)=CC=C1C=Cc1ccc(Nc2cc(Sc3ccccc3)nc(Sc3ccccc3)n2)cc1. The monoisotopic (exact) mass is 960 g/mol. The van der Waals surface area contributed by atoms with Crippen molar-refractivity contribution < 1.29 is 25.9 Å². The first-order chi connectivity index (χ1) is 30.9. The number of hydrogen-bond donors (Lipinski definition) is 4. The second-order valence-corrected chi connectivity index (χ2v) is 21.6. The molecule has 12 nitrogen and oxygen atoms in total. The molecule has 18 heteroatoms. The third kappa shape index (κ3) is 11.3. The van der Waals surface area contributed by atoms with Crippen molar-refractivity contribution in [1.82, 2.24) is 19.9 Å². The molecule has 2 heterocycles. The van der Waals surface area contributed by atoms with Crippen LogP contribution in [-0.4, -0.2) is 50.0 Å². The van der Waals surface area contributed by atoms with Gasteiger partial charge in [-0.15, -0.1) is 0 Å². The third-order valence-corrected chi connectivity index (χ3v) is 16.6. The molecule has 0 saturated carbocycles. The maximum Gasteiger partial charge on any atom is 0.292 e. The molecule has 4 N–H and O–H groups in total. The minimum atomic E-state index is -5.52. The van der Waals surface area contributed by atoms with Crippen molar-refractivity contribution in [3.63, 3.8) is 0 Å². The zero-order valence-corrected chi connectivity index (χ0v) is 38.2. The minimum Gasteiger partial charge on any atom is -0.344 e. The van der Waals surface area contributed by atoms with Gasteiger partial charge in [0.1, 0.15) is 21.7 Å². The predicted octanol–water partition coefficient (Wildman–Crippen LogP) is 11.4. The van der Waals surface area contributed by atoms with Crippen molar-refractivity contribution in [3.8, 4) is 0 Å². The molecule has 0 bridgehead atoms. The molecule has 0 radical (unpaired) electrons. The smallest absolute Gasteiger partial charge is 0.292 e. The fourth-order valence-electron chi connectivity index (χ4n) is 6.32. The highest BCUT2D eigenvalue weighted by Crippen LogP contribution is 2.42. The predicted molar refractivity (Wildman–Crippen MR) is 255 cm³/mol. The molecular formula is C46H36N6O6S6. The summed E-state index contributed by atoms with van der Waals surface area (Å²) in [5, 5.41) is 8.59. The third-order valence-electron chi connectivity index (χ3n) is 9.29. The molecule has 5 aromatic carbocycles. The summed E-state index contributed by atoms with van der Waals surface area (Å²) in [6.45, 7) is 0. The van der Waals surface area contributed by atoms with E-state index in [1.54, 1.807) is 30.3 Å². The molecule has 0 saturated heterocycles. The lowest BCUT2D eigenvalue weighted by Gasteiger charge is -2.32. The van der Waals surface area contributed by atoms with Crippen molar-refractivity contribution >= 4 is 90.7 Å². The molecule has 0 unspecified atom stereocenters. The van der Waals surface area contributed by atoms with Crippen LogP contribution in [0.3, 0.4) is 0 Å². The summed E-state index contributed by atoms with van der Waals surface area (Å²) in [5.41, 5.74) is 0.924. The van der Waals surface area contributed by atoms with E-state index in [-0.39, 0.29) is 17.1 Å². The van der Waals surface area contributed by atoms with E-state index in [0.717, 1.165) is 24.6 Å². The topological polar surface area (TPSA) is 184 Å². The average molecular weight is 961 g/mol. The first-order valence-corrected chi connectivity index (χ1v) is 25.4. The van der Waals surface area contributed by atoms with Crippen LogP contribution in [0, 0.1) is 0 Å². The number of anilines is 3. The highest BCUT2D eigenvalue weighted by atomic mass is 32.3. The quantitative estimate of drug-likeness (QED) is 0.0407. The molecule has 0 fully saturated rings. The number of benzene rings is 5. The van der Waals surface area contributed by atoms with E-state index in [2.05, 4.69) is 15.6 Å². The molecule has 0 amide bonds. The van der Waals surface area contributed by atoms with Gasteiger partial charge in [0, 0.05) is 49.5 Å². The molecule has 0 aliphatic heterocycles. The number of nitrogens with one attached hydrogen (secondary N) is 2. The van der Waals surface area contributed by atoms with Gasteiger partial charge in [-0.3, -0.25) is 9.11 Å².